The van der Waals surface area contributed by atoms with Crippen molar-refractivity contribution in [3.63, 3.8) is 0 Å². The summed E-state index contributed by atoms with van der Waals surface area (Å²) in [5, 5.41) is -0.209. The molecule has 0 aromatic heterocycles. The fraction of sp³-hybridized carbons (Fsp3) is 0.350. The van der Waals surface area contributed by atoms with Gasteiger partial charge < -0.3 is 9.80 Å². The van der Waals surface area contributed by atoms with E-state index in [1.165, 1.54) is 24.3 Å². The minimum absolute atomic E-state index is 0.0454. The molecule has 29 heavy (non-hydrogen) atoms. The predicted molar refractivity (Wildman–Crippen MR) is 111 cm³/mol. The molecular formula is C20H23ClFN3O3S. The number of rotatable bonds is 6. The van der Waals surface area contributed by atoms with Gasteiger partial charge in [-0.1, -0.05) is 36.7 Å². The van der Waals surface area contributed by atoms with Crippen LogP contribution in [0.15, 0.2) is 53.4 Å². The fourth-order valence-corrected chi connectivity index (χ4v) is 4.81. The first-order chi connectivity index (χ1) is 13.8. The van der Waals surface area contributed by atoms with Gasteiger partial charge in [-0.2, -0.15) is 0 Å². The molecule has 1 aliphatic heterocycles. The Kier molecular flexibility index (Phi) is 6.77. The molecule has 0 saturated carbocycles. The Morgan fingerprint density at radius 1 is 1.10 bits per heavy atom. The highest BCUT2D eigenvalue weighted by molar-refractivity contribution is 7.92. The summed E-state index contributed by atoms with van der Waals surface area (Å²) in [5.74, 6) is -0.963. The molecule has 6 nitrogen and oxygen atoms in total. The molecule has 156 valence electrons. The van der Waals surface area contributed by atoms with Gasteiger partial charge in [0.2, 0.25) is 5.91 Å². The molecular weight excluding hydrogens is 417 g/mol. The zero-order valence-corrected chi connectivity index (χ0v) is 17.7. The van der Waals surface area contributed by atoms with E-state index in [9.17, 15) is 17.6 Å². The van der Waals surface area contributed by atoms with Gasteiger partial charge in [-0.25, -0.2) is 12.8 Å². The summed E-state index contributed by atoms with van der Waals surface area (Å²) in [4.78, 5) is 16.8. The summed E-state index contributed by atoms with van der Waals surface area (Å²) < 4.78 is 41.1. The monoisotopic (exact) mass is 439 g/mol. The molecule has 0 radical (unpaired) electrons. The Labute approximate surface area is 175 Å². The van der Waals surface area contributed by atoms with Crippen molar-refractivity contribution in [1.29, 1.82) is 0 Å². The van der Waals surface area contributed by atoms with E-state index in [2.05, 4.69) is 11.8 Å². The molecule has 9 heteroatoms. The van der Waals surface area contributed by atoms with E-state index < -0.39 is 15.8 Å². The maximum absolute atomic E-state index is 13.6. The van der Waals surface area contributed by atoms with E-state index in [4.69, 9.17) is 11.6 Å². The van der Waals surface area contributed by atoms with Crippen molar-refractivity contribution in [3.05, 3.63) is 59.4 Å². The van der Waals surface area contributed by atoms with Gasteiger partial charge in [0.05, 0.1) is 15.6 Å². The van der Waals surface area contributed by atoms with Crippen molar-refractivity contribution in [2.75, 3.05) is 43.6 Å². The predicted octanol–water partition coefficient (Wildman–Crippen LogP) is 2.84. The Bertz CT molecular complexity index is 964. The zero-order valence-electron chi connectivity index (χ0n) is 16.1. The van der Waals surface area contributed by atoms with Gasteiger partial charge in [-0.05, 0) is 36.9 Å². The number of carbonyl (C=O) groups is 1. The summed E-state index contributed by atoms with van der Waals surface area (Å²) in [5.41, 5.74) is 0.140. The number of likely N-dealkylation sites (N-methyl/N-ethyl adjacent to an activating group) is 1. The molecule has 1 fully saturated rings. The van der Waals surface area contributed by atoms with Crippen LogP contribution in [0, 0.1) is 5.82 Å². The number of halogens is 2. The van der Waals surface area contributed by atoms with E-state index in [1.807, 2.05) is 0 Å². The molecule has 3 rings (SSSR count). The largest absolute Gasteiger partial charge is 0.339 e. The van der Waals surface area contributed by atoms with Gasteiger partial charge in [0.15, 0.2) is 0 Å². The number of anilines is 1. The second-order valence-corrected chi connectivity index (χ2v) is 9.01. The molecule has 0 unspecified atom stereocenters. The minimum atomic E-state index is -4.04. The summed E-state index contributed by atoms with van der Waals surface area (Å²) in [6.45, 7) is 5.15. The second-order valence-electron chi connectivity index (χ2n) is 6.74. The van der Waals surface area contributed by atoms with Crippen LogP contribution in [0.2, 0.25) is 5.02 Å². The second kappa shape index (κ2) is 9.11. The average molecular weight is 440 g/mol. The lowest BCUT2D eigenvalue weighted by Crippen LogP contribution is -2.51. The summed E-state index contributed by atoms with van der Waals surface area (Å²) in [6.07, 6.45) is 0. The number of benzene rings is 2. The summed E-state index contributed by atoms with van der Waals surface area (Å²) >= 11 is 5.87. The van der Waals surface area contributed by atoms with Crippen molar-refractivity contribution in [2.24, 2.45) is 0 Å². The van der Waals surface area contributed by atoms with Crippen LogP contribution >= 0.6 is 11.6 Å². The van der Waals surface area contributed by atoms with Crippen LogP contribution < -0.4 is 4.31 Å². The number of sulfonamides is 1. The molecule has 1 saturated heterocycles. The van der Waals surface area contributed by atoms with E-state index in [0.29, 0.717) is 13.1 Å². The van der Waals surface area contributed by atoms with Crippen LogP contribution in [-0.2, 0) is 14.8 Å². The van der Waals surface area contributed by atoms with Crippen LogP contribution in [0.5, 0.6) is 0 Å². The molecule has 2 aromatic carbocycles. The Balaban J connectivity index is 1.91. The van der Waals surface area contributed by atoms with Gasteiger partial charge in [-0.3, -0.25) is 9.10 Å². The van der Waals surface area contributed by atoms with Gasteiger partial charge in [0.25, 0.3) is 10.0 Å². The topological polar surface area (TPSA) is 60.9 Å². The van der Waals surface area contributed by atoms with Crippen molar-refractivity contribution in [2.45, 2.75) is 11.8 Å². The minimum Gasteiger partial charge on any atom is -0.339 e. The van der Waals surface area contributed by atoms with Gasteiger partial charge in [-0.15, -0.1) is 0 Å². The number of hydrogen-bond donors (Lipinski definition) is 0. The number of hydrogen-bond acceptors (Lipinski definition) is 4. The standard InChI is InChI=1S/C20H23ClFN3O3S/c1-2-23-10-12-24(13-11-23)20(26)15-25(16-8-9-19(22)18(21)14-16)29(27,28)17-6-4-3-5-7-17/h3-9,14H,2,10-13,15H2,1H3. The van der Waals surface area contributed by atoms with Crippen molar-refractivity contribution in [3.8, 4) is 0 Å². The van der Waals surface area contributed by atoms with Gasteiger partial charge >= 0.3 is 0 Å². The quantitative estimate of drug-likeness (QED) is 0.694. The maximum Gasteiger partial charge on any atom is 0.264 e. The molecule has 2 aromatic rings. The van der Waals surface area contributed by atoms with Crippen molar-refractivity contribution >= 4 is 33.2 Å². The van der Waals surface area contributed by atoms with Crippen LogP contribution in [0.4, 0.5) is 10.1 Å². The van der Waals surface area contributed by atoms with Crippen molar-refractivity contribution < 1.29 is 17.6 Å². The van der Waals surface area contributed by atoms with Crippen LogP contribution in [-0.4, -0.2) is 63.4 Å². The SMILES string of the molecule is CCN1CCN(C(=O)CN(c2ccc(F)c(Cl)c2)S(=O)(=O)c2ccccc2)CC1. The van der Waals surface area contributed by atoms with E-state index >= 15 is 0 Å². The molecule has 0 atom stereocenters. The van der Waals surface area contributed by atoms with Crippen LogP contribution in [0.1, 0.15) is 6.92 Å². The van der Waals surface area contributed by atoms with Crippen molar-refractivity contribution in [1.82, 2.24) is 9.80 Å². The Morgan fingerprint density at radius 2 is 1.76 bits per heavy atom. The molecule has 0 bridgehead atoms. The zero-order chi connectivity index (χ0) is 21.0. The molecule has 0 spiro atoms. The fourth-order valence-electron chi connectivity index (χ4n) is 3.21. The lowest BCUT2D eigenvalue weighted by Gasteiger charge is -2.35. The Morgan fingerprint density at radius 3 is 2.34 bits per heavy atom. The first kappa shape index (κ1) is 21.5. The molecule has 0 aliphatic carbocycles. The average Bonchev–Trinajstić information content (AvgIpc) is 2.74. The molecule has 0 N–H and O–H groups in total. The highest BCUT2D eigenvalue weighted by Crippen LogP contribution is 2.28. The van der Waals surface area contributed by atoms with Crippen LogP contribution in [0.25, 0.3) is 0 Å². The van der Waals surface area contributed by atoms with E-state index in [1.54, 1.807) is 23.1 Å². The number of nitrogens with zero attached hydrogens (tertiary/aromatic N) is 3. The third-order valence-corrected chi connectivity index (χ3v) is 7.05. The number of carbonyl (C=O) groups excluding carboxylic acids is 1. The van der Waals surface area contributed by atoms with Crippen LogP contribution in [0.3, 0.4) is 0 Å². The normalized spacial score (nSPS) is 15.3. The number of piperazine rings is 1. The lowest BCUT2D eigenvalue weighted by molar-refractivity contribution is -0.131. The van der Waals surface area contributed by atoms with Gasteiger partial charge in [0, 0.05) is 26.2 Å². The highest BCUT2D eigenvalue weighted by Gasteiger charge is 2.30. The smallest absolute Gasteiger partial charge is 0.264 e. The number of amides is 1. The first-order valence-corrected chi connectivity index (χ1v) is 11.2. The maximum atomic E-state index is 13.6. The molecule has 1 amide bonds. The molecule has 1 aliphatic rings. The molecule has 1 heterocycles. The van der Waals surface area contributed by atoms with E-state index in [0.717, 1.165) is 30.0 Å². The third kappa shape index (κ3) is 4.88. The van der Waals surface area contributed by atoms with E-state index in [-0.39, 0.29) is 28.1 Å². The highest BCUT2D eigenvalue weighted by atomic mass is 35.5. The summed E-state index contributed by atoms with van der Waals surface area (Å²) in [7, 11) is -4.04. The third-order valence-electron chi connectivity index (χ3n) is 4.97. The lowest BCUT2D eigenvalue weighted by atomic mass is 10.3. The summed E-state index contributed by atoms with van der Waals surface area (Å²) in [6, 6.07) is 11.5. The van der Waals surface area contributed by atoms with Gasteiger partial charge in [0.1, 0.15) is 12.4 Å². The first-order valence-electron chi connectivity index (χ1n) is 9.36. The Hall–Kier alpha value is -2.16.